The first-order chi connectivity index (χ1) is 19.0. The third-order valence-electron chi connectivity index (χ3n) is 9.75. The van der Waals surface area contributed by atoms with Gasteiger partial charge in [0, 0.05) is 0 Å². The molecule has 1 unspecified atom stereocenters. The molecule has 1 aliphatic carbocycles. The van der Waals surface area contributed by atoms with Gasteiger partial charge in [-0.25, -0.2) is 0 Å². The predicted molar refractivity (Wildman–Crippen MR) is 163 cm³/mol. The van der Waals surface area contributed by atoms with Crippen LogP contribution in [0.5, 0.6) is 0 Å². The molecule has 3 aromatic carbocycles. The number of benzene rings is 3. The minimum Gasteiger partial charge on any atom is 1.00 e. The molecule has 0 N–H and O–H groups in total. The Morgan fingerprint density at radius 2 is 1.20 bits per heavy atom. The molecule has 2 atom stereocenters. The van der Waals surface area contributed by atoms with Crippen molar-refractivity contribution in [3.8, 4) is 11.1 Å². The van der Waals surface area contributed by atoms with E-state index in [-0.39, 0.29) is 24.9 Å². The molecule has 0 amide bonds. The van der Waals surface area contributed by atoms with E-state index in [0.29, 0.717) is 6.73 Å². The number of nitrogens with zero attached hydrogens (tertiary/aromatic N) is 1. The fourth-order valence-corrected chi connectivity index (χ4v) is 25.7. The van der Waals surface area contributed by atoms with Gasteiger partial charge in [-0.2, -0.15) is 0 Å². The monoisotopic (exact) mass is 639 g/mol. The standard InChI is InChI=1S/C23H19NO2.3C4H9.Li.Sn/c1-16-22(25)26-15-24(16)23(17-9-3-2-4-10-17)20-13-7-5-11-18(20)19-12-6-8-14-21(19)23;3*1-3-4-2;;/h2-14,16H,15H2,1H3;3*1,3-4H2,2H3;;/q-1;;;;+1;/t16-;;;;;/m0...../s1. The number of ether oxygens (including phenoxy) is 1. The van der Waals surface area contributed by atoms with Crippen molar-refractivity contribution in [1.82, 2.24) is 4.90 Å². The van der Waals surface area contributed by atoms with E-state index in [0.717, 1.165) is 32.6 Å². The second-order valence-corrected chi connectivity index (χ2v) is 25.4. The zero-order chi connectivity index (χ0) is 27.5. The summed E-state index contributed by atoms with van der Waals surface area (Å²) < 4.78 is 8.97. The van der Waals surface area contributed by atoms with Gasteiger partial charge >= 0.3 is 260 Å². The van der Waals surface area contributed by atoms with Gasteiger partial charge in [0.05, 0.1) is 0 Å². The smallest absolute Gasteiger partial charge is 1.00 e. The summed E-state index contributed by atoms with van der Waals surface area (Å²) in [6.07, 6.45) is 6.95. The minimum absolute atomic E-state index is 0. The zero-order valence-electron chi connectivity index (χ0n) is 25.4. The molecule has 40 heavy (non-hydrogen) atoms. The van der Waals surface area contributed by atoms with Crippen LogP contribution in [0.2, 0.25) is 13.3 Å². The summed E-state index contributed by atoms with van der Waals surface area (Å²) in [5, 5.41) is 15.6. The zero-order valence-corrected chi connectivity index (χ0v) is 28.3. The molecule has 5 rings (SSSR count). The van der Waals surface area contributed by atoms with Crippen LogP contribution < -0.4 is 24.0 Å². The van der Waals surface area contributed by atoms with Gasteiger partial charge in [-0.3, -0.25) is 0 Å². The van der Waals surface area contributed by atoms with Crippen LogP contribution in [0.3, 0.4) is 0 Å². The molecule has 1 fully saturated rings. The second kappa shape index (κ2) is 13.5. The van der Waals surface area contributed by atoms with Crippen LogP contribution in [-0.4, -0.2) is 39.9 Å². The normalized spacial score (nSPS) is 21.6. The summed E-state index contributed by atoms with van der Waals surface area (Å²) in [6.45, 7) is 9.41. The Morgan fingerprint density at radius 1 is 0.750 bits per heavy atom. The molecule has 0 bridgehead atoms. The van der Waals surface area contributed by atoms with Gasteiger partial charge in [-0.05, 0) is 0 Å². The fraction of sp³-hybridized carbons (Fsp3) is 0.486. The van der Waals surface area contributed by atoms with Crippen molar-refractivity contribution in [2.24, 2.45) is 0 Å². The van der Waals surface area contributed by atoms with Gasteiger partial charge in [0.25, 0.3) is 0 Å². The van der Waals surface area contributed by atoms with Crippen molar-refractivity contribution in [3.63, 3.8) is 0 Å². The van der Waals surface area contributed by atoms with Crippen molar-refractivity contribution in [1.29, 1.82) is 0 Å². The van der Waals surface area contributed by atoms with Crippen LogP contribution in [0.4, 0.5) is 0 Å². The summed E-state index contributed by atoms with van der Waals surface area (Å²) >= 11 is -3.35. The van der Waals surface area contributed by atoms with E-state index in [4.69, 9.17) is 4.74 Å². The van der Waals surface area contributed by atoms with E-state index in [9.17, 15) is 0 Å². The summed E-state index contributed by atoms with van der Waals surface area (Å²) in [5.74, 6) is 0. The molecular weight excluding hydrogens is 592 g/mol. The molecule has 0 aromatic heterocycles. The van der Waals surface area contributed by atoms with Crippen molar-refractivity contribution in [3.05, 3.63) is 95.6 Å². The molecule has 3 aromatic rings. The Bertz CT molecular complexity index is 1180. The van der Waals surface area contributed by atoms with Crippen LogP contribution >= 0.6 is 0 Å². The van der Waals surface area contributed by atoms with Crippen molar-refractivity contribution in [2.75, 3.05) is 6.73 Å². The van der Waals surface area contributed by atoms with Crippen molar-refractivity contribution in [2.45, 2.75) is 94.9 Å². The second-order valence-electron chi connectivity index (χ2n) is 11.8. The molecule has 0 radical (unpaired) electrons. The Kier molecular flexibility index (Phi) is 10.7. The summed E-state index contributed by atoms with van der Waals surface area (Å²) in [4.78, 5) is 2.47. The van der Waals surface area contributed by atoms with E-state index in [1.165, 1.54) is 47.1 Å². The largest absolute Gasteiger partial charge is 1.00 e. The maximum absolute atomic E-state index is 15.6. The van der Waals surface area contributed by atoms with Crippen molar-refractivity contribution < 1.29 is 28.7 Å². The first-order valence-electron chi connectivity index (χ1n) is 15.4. The van der Waals surface area contributed by atoms with Gasteiger partial charge in [0.1, 0.15) is 0 Å². The summed E-state index contributed by atoms with van der Waals surface area (Å²) in [6, 6.07) is 28.3. The number of unbranched alkanes of at least 4 members (excludes halogenated alkanes) is 3. The third-order valence-corrected chi connectivity index (χ3v) is 26.8. The van der Waals surface area contributed by atoms with E-state index >= 15 is 5.11 Å². The molecule has 208 valence electrons. The van der Waals surface area contributed by atoms with Crippen LogP contribution in [-0.2, 0) is 10.3 Å². The molecule has 1 heterocycles. The van der Waals surface area contributed by atoms with Crippen molar-refractivity contribution >= 4 is 18.4 Å². The molecular formula is C35H46LiNO2Sn. The third kappa shape index (κ3) is 5.08. The number of hydrogen-bond acceptors (Lipinski definition) is 3. The summed E-state index contributed by atoms with van der Waals surface area (Å²) in [5.41, 5.74) is 5.76. The van der Waals surface area contributed by atoms with Gasteiger partial charge < -0.3 is 0 Å². The quantitative estimate of drug-likeness (QED) is 0.260. The van der Waals surface area contributed by atoms with E-state index in [2.05, 4.69) is 111 Å². The van der Waals surface area contributed by atoms with Gasteiger partial charge in [-0.15, -0.1) is 0 Å². The maximum Gasteiger partial charge on any atom is 1.00 e. The first kappa shape index (κ1) is 31.9. The molecule has 3 nitrogen and oxygen atoms in total. The maximum atomic E-state index is 15.6. The van der Waals surface area contributed by atoms with Gasteiger partial charge in [-0.1, -0.05) is 0 Å². The number of rotatable bonds is 12. The Balaban J connectivity index is 0.00000370. The molecule has 2 aliphatic rings. The summed E-state index contributed by atoms with van der Waals surface area (Å²) in [7, 11) is 0. The minimum atomic E-state index is -3.35. The van der Waals surface area contributed by atoms with E-state index < -0.39 is 27.7 Å². The average molecular weight is 638 g/mol. The van der Waals surface area contributed by atoms with Gasteiger partial charge in [0.15, 0.2) is 0 Å². The van der Waals surface area contributed by atoms with Gasteiger partial charge in [0.2, 0.25) is 0 Å². The molecule has 0 spiro atoms. The average Bonchev–Trinajstić information content (AvgIpc) is 3.46. The first-order valence-corrected chi connectivity index (χ1v) is 22.8. The Morgan fingerprint density at radius 3 is 1.68 bits per heavy atom. The van der Waals surface area contributed by atoms with Crippen LogP contribution in [0, 0.1) is 0 Å². The van der Waals surface area contributed by atoms with Crippen LogP contribution in [0.1, 0.15) is 82.9 Å². The number of fused-ring (bicyclic) bond motifs is 3. The topological polar surface area (TPSA) is 35.5 Å². The molecule has 1 aliphatic heterocycles. The van der Waals surface area contributed by atoms with E-state index in [1.54, 1.807) is 0 Å². The SMILES string of the molecule is CCC[CH2][Sn]([CH2]CCC)([CH2]CCC)[C]1([O-])OCN(C2(c3ccccc3)c3ccccc3-c3ccccc32)[C@H]1C.[Li+]. The molecule has 5 heteroatoms. The van der Waals surface area contributed by atoms with Crippen LogP contribution in [0.25, 0.3) is 11.1 Å². The molecule has 1 saturated heterocycles. The van der Waals surface area contributed by atoms with Crippen LogP contribution in [0.15, 0.2) is 78.9 Å². The molecule has 0 saturated carbocycles. The van der Waals surface area contributed by atoms with E-state index in [1.807, 2.05) is 0 Å². The fourth-order valence-electron chi connectivity index (χ4n) is 7.71. The Labute approximate surface area is 258 Å². The number of hydrogen-bond donors (Lipinski definition) is 0. The Hall–Kier alpha value is -1.06. The predicted octanol–water partition coefficient (Wildman–Crippen LogP) is 5.09.